The molecule has 1 unspecified atom stereocenters. The molecule has 0 heterocycles. The fourth-order valence-electron chi connectivity index (χ4n) is 1.66. The van der Waals surface area contributed by atoms with E-state index in [1.807, 2.05) is 19.0 Å². The van der Waals surface area contributed by atoms with Crippen LogP contribution in [0.1, 0.15) is 19.3 Å². The topological polar surface area (TPSA) is 46.3 Å². The second kappa shape index (κ2) is 3.22. The van der Waals surface area contributed by atoms with Crippen LogP contribution in [0.25, 0.3) is 0 Å². The Kier molecular flexibility index (Phi) is 2.49. The van der Waals surface area contributed by atoms with Gasteiger partial charge in [-0.05, 0) is 32.9 Å². The normalized spacial score (nSPS) is 21.4. The van der Waals surface area contributed by atoms with Gasteiger partial charge in [-0.25, -0.2) is 0 Å². The van der Waals surface area contributed by atoms with E-state index in [1.165, 1.54) is 6.42 Å². The summed E-state index contributed by atoms with van der Waals surface area (Å²) in [7, 11) is 3.82. The number of carbonyl (C=O) groups is 1. The highest BCUT2D eigenvalue weighted by Gasteiger charge is 2.32. The van der Waals surface area contributed by atoms with Gasteiger partial charge in [-0.2, -0.15) is 0 Å². The van der Waals surface area contributed by atoms with E-state index in [2.05, 4.69) is 0 Å². The van der Waals surface area contributed by atoms with Gasteiger partial charge in [0.25, 0.3) is 0 Å². The van der Waals surface area contributed by atoms with Crippen LogP contribution in [0.15, 0.2) is 0 Å². The van der Waals surface area contributed by atoms with Crippen molar-refractivity contribution in [1.82, 2.24) is 4.90 Å². The summed E-state index contributed by atoms with van der Waals surface area (Å²) in [5.74, 6) is 0.335. The zero-order valence-corrected chi connectivity index (χ0v) is 7.21. The van der Waals surface area contributed by atoms with Crippen molar-refractivity contribution in [2.75, 3.05) is 14.1 Å². The number of hydrogen-bond donors (Lipinski definition) is 1. The van der Waals surface area contributed by atoms with E-state index in [4.69, 9.17) is 5.73 Å². The van der Waals surface area contributed by atoms with Crippen molar-refractivity contribution in [3.63, 3.8) is 0 Å². The summed E-state index contributed by atoms with van der Waals surface area (Å²) < 4.78 is 0. The Labute approximate surface area is 67.5 Å². The van der Waals surface area contributed by atoms with Gasteiger partial charge >= 0.3 is 0 Å². The Bertz CT molecular complexity index is 152. The first kappa shape index (κ1) is 8.53. The van der Waals surface area contributed by atoms with Gasteiger partial charge in [0.15, 0.2) is 0 Å². The summed E-state index contributed by atoms with van der Waals surface area (Å²) in [4.78, 5) is 12.9. The summed E-state index contributed by atoms with van der Waals surface area (Å²) in [5, 5.41) is 0. The lowest BCUT2D eigenvalue weighted by atomic mass is 9.79. The highest BCUT2D eigenvalue weighted by Crippen LogP contribution is 2.31. The van der Waals surface area contributed by atoms with Gasteiger partial charge in [-0.1, -0.05) is 6.42 Å². The number of amides is 1. The fourth-order valence-corrected chi connectivity index (χ4v) is 1.66. The zero-order chi connectivity index (χ0) is 8.43. The summed E-state index contributed by atoms with van der Waals surface area (Å²) in [6.07, 6.45) is 3.57. The number of rotatable bonds is 3. The summed E-state index contributed by atoms with van der Waals surface area (Å²) in [6, 6.07) is -0.0382. The highest BCUT2D eigenvalue weighted by atomic mass is 16.1. The van der Waals surface area contributed by atoms with Crippen LogP contribution in [-0.4, -0.2) is 30.9 Å². The van der Waals surface area contributed by atoms with Crippen molar-refractivity contribution < 1.29 is 4.79 Å². The molecule has 0 saturated heterocycles. The standard InChI is InChI=1S/C8H16N2O/c1-10(2)7(8(9)11)6-4-3-5-6/h6-7H,3-5H2,1-2H3,(H2,9,11). The molecule has 64 valence electrons. The highest BCUT2D eigenvalue weighted by molar-refractivity contribution is 5.80. The minimum Gasteiger partial charge on any atom is -0.368 e. The third-order valence-electron chi connectivity index (χ3n) is 2.44. The first-order valence-electron chi connectivity index (χ1n) is 4.08. The van der Waals surface area contributed by atoms with Crippen molar-refractivity contribution in [2.24, 2.45) is 11.7 Å². The first-order chi connectivity index (χ1) is 5.13. The lowest BCUT2D eigenvalue weighted by molar-refractivity contribution is -0.125. The largest absolute Gasteiger partial charge is 0.368 e. The van der Waals surface area contributed by atoms with Gasteiger partial charge in [0.1, 0.15) is 0 Å². The van der Waals surface area contributed by atoms with Crippen LogP contribution >= 0.6 is 0 Å². The average Bonchev–Trinajstić information content (AvgIpc) is 1.75. The maximum Gasteiger partial charge on any atom is 0.235 e. The smallest absolute Gasteiger partial charge is 0.235 e. The molecule has 1 aliphatic rings. The van der Waals surface area contributed by atoms with Crippen LogP contribution in [0.5, 0.6) is 0 Å². The van der Waals surface area contributed by atoms with Crippen molar-refractivity contribution in [2.45, 2.75) is 25.3 Å². The molecule has 1 rings (SSSR count). The second-order valence-electron chi connectivity index (χ2n) is 3.50. The first-order valence-corrected chi connectivity index (χ1v) is 4.08. The van der Waals surface area contributed by atoms with Gasteiger partial charge in [0.05, 0.1) is 6.04 Å². The molecule has 0 radical (unpaired) electrons. The van der Waals surface area contributed by atoms with Gasteiger partial charge in [-0.15, -0.1) is 0 Å². The Hall–Kier alpha value is -0.570. The van der Waals surface area contributed by atoms with Gasteiger partial charge in [-0.3, -0.25) is 9.69 Å². The maximum atomic E-state index is 11.0. The van der Waals surface area contributed by atoms with Crippen LogP contribution in [0.2, 0.25) is 0 Å². The van der Waals surface area contributed by atoms with E-state index >= 15 is 0 Å². The monoisotopic (exact) mass is 156 g/mol. The van der Waals surface area contributed by atoms with E-state index in [1.54, 1.807) is 0 Å². The van der Waals surface area contributed by atoms with Crippen LogP contribution in [0, 0.1) is 5.92 Å². The third kappa shape index (κ3) is 1.71. The molecule has 0 aromatic rings. The molecule has 0 aliphatic heterocycles. The molecule has 0 spiro atoms. The van der Waals surface area contributed by atoms with E-state index < -0.39 is 0 Å². The zero-order valence-electron chi connectivity index (χ0n) is 7.21. The molecule has 0 bridgehead atoms. The Morgan fingerprint density at radius 3 is 2.18 bits per heavy atom. The number of carbonyl (C=O) groups excluding carboxylic acids is 1. The van der Waals surface area contributed by atoms with Gasteiger partial charge in [0, 0.05) is 0 Å². The van der Waals surface area contributed by atoms with Crippen LogP contribution in [-0.2, 0) is 4.79 Å². The van der Waals surface area contributed by atoms with Crippen molar-refractivity contribution in [3.05, 3.63) is 0 Å². The van der Waals surface area contributed by atoms with Gasteiger partial charge in [0.2, 0.25) is 5.91 Å². The number of nitrogens with zero attached hydrogens (tertiary/aromatic N) is 1. The molecule has 0 aromatic carbocycles. The lowest BCUT2D eigenvalue weighted by Crippen LogP contribution is -2.47. The minimum atomic E-state index is -0.181. The van der Waals surface area contributed by atoms with Crippen molar-refractivity contribution in [1.29, 1.82) is 0 Å². The minimum absolute atomic E-state index is 0.0382. The average molecular weight is 156 g/mol. The number of primary amides is 1. The van der Waals surface area contributed by atoms with Crippen molar-refractivity contribution >= 4 is 5.91 Å². The van der Waals surface area contributed by atoms with E-state index in [0.717, 1.165) is 12.8 Å². The number of nitrogens with two attached hydrogens (primary N) is 1. The predicted octanol–water partition coefficient (Wildman–Crippen LogP) is 0.202. The van der Waals surface area contributed by atoms with E-state index in [9.17, 15) is 4.79 Å². The van der Waals surface area contributed by atoms with Crippen LogP contribution in [0.4, 0.5) is 0 Å². The number of likely N-dealkylation sites (N-methyl/N-ethyl adjacent to an activating group) is 1. The van der Waals surface area contributed by atoms with Crippen LogP contribution < -0.4 is 5.73 Å². The summed E-state index contributed by atoms with van der Waals surface area (Å²) in [6.45, 7) is 0. The second-order valence-corrected chi connectivity index (χ2v) is 3.50. The van der Waals surface area contributed by atoms with Crippen molar-refractivity contribution in [3.8, 4) is 0 Å². The molecular formula is C8H16N2O. The third-order valence-corrected chi connectivity index (χ3v) is 2.44. The fraction of sp³-hybridized carbons (Fsp3) is 0.875. The maximum absolute atomic E-state index is 11.0. The van der Waals surface area contributed by atoms with Gasteiger partial charge < -0.3 is 5.73 Å². The molecule has 1 atom stereocenters. The molecule has 1 fully saturated rings. The molecule has 1 saturated carbocycles. The van der Waals surface area contributed by atoms with Crippen LogP contribution in [0.3, 0.4) is 0 Å². The molecule has 0 aromatic heterocycles. The summed E-state index contributed by atoms with van der Waals surface area (Å²) in [5.41, 5.74) is 5.27. The molecule has 1 aliphatic carbocycles. The Morgan fingerprint density at radius 1 is 1.55 bits per heavy atom. The molecular weight excluding hydrogens is 140 g/mol. The van der Waals surface area contributed by atoms with E-state index in [-0.39, 0.29) is 11.9 Å². The number of hydrogen-bond acceptors (Lipinski definition) is 2. The quantitative estimate of drug-likeness (QED) is 0.634. The molecule has 2 N–H and O–H groups in total. The predicted molar refractivity (Wildman–Crippen MR) is 44.0 cm³/mol. The Morgan fingerprint density at radius 2 is 2.09 bits per heavy atom. The molecule has 11 heavy (non-hydrogen) atoms. The van der Waals surface area contributed by atoms with E-state index in [0.29, 0.717) is 5.92 Å². The Balaban J connectivity index is 2.51. The SMILES string of the molecule is CN(C)C(C(N)=O)C1CCC1. The lowest BCUT2D eigenvalue weighted by Gasteiger charge is -2.35. The summed E-state index contributed by atoms with van der Waals surface area (Å²) >= 11 is 0. The molecule has 1 amide bonds. The molecule has 3 heteroatoms. The molecule has 3 nitrogen and oxygen atoms in total.